The molecule has 80 valence electrons. The Balaban J connectivity index is 1.79. The van der Waals surface area contributed by atoms with Gasteiger partial charge >= 0.3 is 0 Å². The van der Waals surface area contributed by atoms with Gasteiger partial charge in [-0.25, -0.2) is 0 Å². The highest BCUT2D eigenvalue weighted by atomic mass is 16.7. The van der Waals surface area contributed by atoms with Crippen LogP contribution in [-0.2, 0) is 9.57 Å². The van der Waals surface area contributed by atoms with E-state index in [2.05, 4.69) is 6.08 Å². The summed E-state index contributed by atoms with van der Waals surface area (Å²) in [6.45, 7) is 3.40. The summed E-state index contributed by atoms with van der Waals surface area (Å²) in [5.74, 6) is 1.17. The number of rotatable bonds is 2. The molecule has 0 atom stereocenters. The monoisotopic (exact) mass is 197 g/mol. The van der Waals surface area contributed by atoms with Crippen molar-refractivity contribution < 1.29 is 9.57 Å². The van der Waals surface area contributed by atoms with Crippen molar-refractivity contribution >= 4 is 0 Å². The molecule has 0 saturated carbocycles. The van der Waals surface area contributed by atoms with Crippen molar-refractivity contribution in [1.29, 1.82) is 0 Å². The first kappa shape index (κ1) is 9.99. The summed E-state index contributed by atoms with van der Waals surface area (Å²) in [5.41, 5.74) is 0. The van der Waals surface area contributed by atoms with E-state index in [1.165, 1.54) is 31.4 Å². The van der Waals surface area contributed by atoms with Crippen LogP contribution in [0.15, 0.2) is 11.8 Å². The van der Waals surface area contributed by atoms with Crippen LogP contribution in [0.5, 0.6) is 0 Å². The molecule has 0 bridgehead atoms. The summed E-state index contributed by atoms with van der Waals surface area (Å²) in [7, 11) is 0. The number of hydroxylamine groups is 2. The molecule has 3 nitrogen and oxygen atoms in total. The molecule has 0 N–H and O–H groups in total. The van der Waals surface area contributed by atoms with E-state index in [1.807, 2.05) is 5.06 Å². The van der Waals surface area contributed by atoms with Crippen molar-refractivity contribution in [3.8, 4) is 0 Å². The Morgan fingerprint density at radius 3 is 2.86 bits per heavy atom. The highest BCUT2D eigenvalue weighted by Gasteiger charge is 2.13. The molecule has 0 unspecified atom stereocenters. The number of hydrogen-bond donors (Lipinski definition) is 0. The third kappa shape index (κ3) is 3.00. The largest absolute Gasteiger partial charge is 0.411 e. The highest BCUT2D eigenvalue weighted by Crippen LogP contribution is 2.19. The fourth-order valence-electron chi connectivity index (χ4n) is 1.87. The fraction of sp³-hybridized carbons (Fsp3) is 0.818. The van der Waals surface area contributed by atoms with E-state index in [0.717, 1.165) is 32.7 Å². The molecule has 0 amide bonds. The average molecular weight is 197 g/mol. The summed E-state index contributed by atoms with van der Waals surface area (Å²) in [6, 6.07) is 0. The zero-order chi connectivity index (χ0) is 9.64. The molecule has 1 aliphatic carbocycles. The minimum atomic E-state index is 0.799. The van der Waals surface area contributed by atoms with Gasteiger partial charge < -0.3 is 9.57 Å². The van der Waals surface area contributed by atoms with E-state index in [1.54, 1.807) is 0 Å². The van der Waals surface area contributed by atoms with Gasteiger partial charge in [0, 0.05) is 6.42 Å². The van der Waals surface area contributed by atoms with E-state index in [9.17, 15) is 0 Å². The second-order valence-corrected chi connectivity index (χ2v) is 3.90. The topological polar surface area (TPSA) is 21.7 Å². The Kier molecular flexibility index (Phi) is 3.83. The molecule has 3 heteroatoms. The zero-order valence-electron chi connectivity index (χ0n) is 8.71. The summed E-state index contributed by atoms with van der Waals surface area (Å²) in [4.78, 5) is 5.83. The van der Waals surface area contributed by atoms with Crippen molar-refractivity contribution in [2.24, 2.45) is 0 Å². The smallest absolute Gasteiger partial charge is 0.120 e. The van der Waals surface area contributed by atoms with Crippen molar-refractivity contribution in [3.05, 3.63) is 11.8 Å². The van der Waals surface area contributed by atoms with Gasteiger partial charge in [0.2, 0.25) is 0 Å². The van der Waals surface area contributed by atoms with Gasteiger partial charge in [-0.15, -0.1) is 5.06 Å². The Morgan fingerprint density at radius 2 is 2.00 bits per heavy atom. The third-order valence-electron chi connectivity index (χ3n) is 2.72. The van der Waals surface area contributed by atoms with Gasteiger partial charge in [-0.1, -0.05) is 6.42 Å². The molecule has 2 rings (SSSR count). The SMILES string of the molecule is C1=C(ON2CCOCC2)CCCCC1. The lowest BCUT2D eigenvalue weighted by atomic mass is 10.2. The number of morpholine rings is 1. The van der Waals surface area contributed by atoms with Crippen LogP contribution < -0.4 is 0 Å². The lowest BCUT2D eigenvalue weighted by Gasteiger charge is -2.27. The molecule has 1 fully saturated rings. The van der Waals surface area contributed by atoms with Gasteiger partial charge in [0.1, 0.15) is 5.76 Å². The lowest BCUT2D eigenvalue weighted by molar-refractivity contribution is -0.165. The van der Waals surface area contributed by atoms with E-state index >= 15 is 0 Å². The maximum absolute atomic E-state index is 5.83. The maximum Gasteiger partial charge on any atom is 0.120 e. The summed E-state index contributed by atoms with van der Waals surface area (Å²) in [6.07, 6.45) is 8.47. The normalized spacial score (nSPS) is 25.3. The van der Waals surface area contributed by atoms with Crippen LogP contribution in [0.1, 0.15) is 32.1 Å². The van der Waals surface area contributed by atoms with Gasteiger partial charge in [0.25, 0.3) is 0 Å². The van der Waals surface area contributed by atoms with Gasteiger partial charge in [0.05, 0.1) is 26.3 Å². The van der Waals surface area contributed by atoms with Crippen LogP contribution in [0.3, 0.4) is 0 Å². The molecule has 1 saturated heterocycles. The minimum Gasteiger partial charge on any atom is -0.411 e. The van der Waals surface area contributed by atoms with Crippen molar-refractivity contribution in [2.75, 3.05) is 26.3 Å². The van der Waals surface area contributed by atoms with Gasteiger partial charge in [-0.3, -0.25) is 0 Å². The number of ether oxygens (including phenoxy) is 1. The first-order valence-corrected chi connectivity index (χ1v) is 5.65. The standard InChI is InChI=1S/C11H19NO2/c1-2-4-6-11(5-3-1)14-12-7-9-13-10-8-12/h5H,1-4,6-10H2. The molecular weight excluding hydrogens is 178 g/mol. The Labute approximate surface area is 85.6 Å². The zero-order valence-corrected chi connectivity index (χ0v) is 8.71. The minimum absolute atomic E-state index is 0.799. The fourth-order valence-corrected chi connectivity index (χ4v) is 1.87. The predicted octanol–water partition coefficient (Wildman–Crippen LogP) is 2.10. The predicted molar refractivity (Wildman–Crippen MR) is 54.6 cm³/mol. The van der Waals surface area contributed by atoms with Crippen LogP contribution in [-0.4, -0.2) is 31.4 Å². The number of allylic oxidation sites excluding steroid dienone is 2. The van der Waals surface area contributed by atoms with Crippen LogP contribution in [0.2, 0.25) is 0 Å². The molecule has 2 aliphatic rings. The molecule has 0 radical (unpaired) electrons. The number of hydrogen-bond acceptors (Lipinski definition) is 3. The van der Waals surface area contributed by atoms with E-state index < -0.39 is 0 Å². The Bertz CT molecular complexity index is 197. The van der Waals surface area contributed by atoms with E-state index in [4.69, 9.17) is 9.57 Å². The summed E-state index contributed by atoms with van der Waals surface area (Å²) >= 11 is 0. The van der Waals surface area contributed by atoms with Crippen LogP contribution in [0.4, 0.5) is 0 Å². The molecule has 0 aromatic rings. The molecule has 1 heterocycles. The first-order chi connectivity index (χ1) is 6.95. The number of nitrogens with zero attached hydrogens (tertiary/aromatic N) is 1. The van der Waals surface area contributed by atoms with Crippen molar-refractivity contribution in [1.82, 2.24) is 5.06 Å². The van der Waals surface area contributed by atoms with E-state index in [-0.39, 0.29) is 0 Å². The van der Waals surface area contributed by atoms with Crippen LogP contribution >= 0.6 is 0 Å². The van der Waals surface area contributed by atoms with Crippen LogP contribution in [0, 0.1) is 0 Å². The molecule has 0 aromatic carbocycles. The van der Waals surface area contributed by atoms with Gasteiger partial charge in [0.15, 0.2) is 0 Å². The molecule has 0 spiro atoms. The van der Waals surface area contributed by atoms with Gasteiger partial charge in [-0.2, -0.15) is 0 Å². The second kappa shape index (κ2) is 5.37. The molecular formula is C11H19NO2. The Hall–Kier alpha value is -0.540. The lowest BCUT2D eigenvalue weighted by Crippen LogP contribution is -2.36. The van der Waals surface area contributed by atoms with Crippen molar-refractivity contribution in [3.63, 3.8) is 0 Å². The molecule has 14 heavy (non-hydrogen) atoms. The highest BCUT2D eigenvalue weighted by molar-refractivity contribution is 4.94. The first-order valence-electron chi connectivity index (χ1n) is 5.65. The van der Waals surface area contributed by atoms with Crippen LogP contribution in [0.25, 0.3) is 0 Å². The van der Waals surface area contributed by atoms with Crippen molar-refractivity contribution in [2.45, 2.75) is 32.1 Å². The summed E-state index contributed by atoms with van der Waals surface area (Å²) in [5, 5.41) is 2.03. The Morgan fingerprint density at radius 1 is 1.14 bits per heavy atom. The summed E-state index contributed by atoms with van der Waals surface area (Å²) < 4.78 is 5.27. The molecule has 0 aromatic heterocycles. The van der Waals surface area contributed by atoms with Gasteiger partial charge in [-0.05, 0) is 25.3 Å². The maximum atomic E-state index is 5.83. The molecule has 1 aliphatic heterocycles. The second-order valence-electron chi connectivity index (χ2n) is 3.90. The third-order valence-corrected chi connectivity index (χ3v) is 2.72. The van der Waals surface area contributed by atoms with E-state index in [0.29, 0.717) is 0 Å². The quantitative estimate of drug-likeness (QED) is 0.676. The average Bonchev–Trinajstić information content (AvgIpc) is 2.48.